The fourth-order valence-electron chi connectivity index (χ4n) is 1.71. The summed E-state index contributed by atoms with van der Waals surface area (Å²) in [5.41, 5.74) is -0.873. The number of aromatic nitrogens is 2. The van der Waals surface area contributed by atoms with E-state index in [2.05, 4.69) is 10.1 Å². The van der Waals surface area contributed by atoms with Crippen molar-refractivity contribution in [1.82, 2.24) is 10.1 Å². The van der Waals surface area contributed by atoms with Crippen LogP contribution in [-0.2, 0) is 13.0 Å². The Kier molecular flexibility index (Phi) is 4.64. The van der Waals surface area contributed by atoms with E-state index in [1.54, 1.807) is 0 Å². The molecule has 0 aliphatic carbocycles. The number of halogens is 2. The highest BCUT2D eigenvalue weighted by Gasteiger charge is 2.20. The molecule has 118 valence electrons. The van der Waals surface area contributed by atoms with Crippen molar-refractivity contribution >= 4 is 5.69 Å². The van der Waals surface area contributed by atoms with Gasteiger partial charge in [0.15, 0.2) is 24.0 Å². The topological polar surface area (TPSA) is 91.3 Å². The van der Waals surface area contributed by atoms with E-state index in [-0.39, 0.29) is 12.5 Å². The summed E-state index contributed by atoms with van der Waals surface area (Å²) >= 11 is 0. The van der Waals surface area contributed by atoms with Crippen molar-refractivity contribution in [3.05, 3.63) is 45.6 Å². The summed E-state index contributed by atoms with van der Waals surface area (Å²) in [7, 11) is 0. The molecule has 9 heteroatoms. The van der Waals surface area contributed by atoms with Crippen molar-refractivity contribution in [3.63, 3.8) is 0 Å². The second-order valence-corrected chi connectivity index (χ2v) is 4.98. The summed E-state index contributed by atoms with van der Waals surface area (Å²) < 4.78 is 36.7. The van der Waals surface area contributed by atoms with Crippen molar-refractivity contribution in [1.29, 1.82) is 0 Å². The quantitative estimate of drug-likeness (QED) is 0.601. The Morgan fingerprint density at radius 3 is 2.73 bits per heavy atom. The zero-order valence-corrected chi connectivity index (χ0v) is 11.9. The number of nitro benzene ring substituents is 1. The van der Waals surface area contributed by atoms with Gasteiger partial charge in [-0.3, -0.25) is 10.1 Å². The summed E-state index contributed by atoms with van der Waals surface area (Å²) in [5, 5.41) is 14.3. The van der Waals surface area contributed by atoms with Gasteiger partial charge < -0.3 is 9.26 Å². The maximum Gasteiger partial charge on any atom is 0.308 e. The van der Waals surface area contributed by atoms with E-state index in [4.69, 9.17) is 9.26 Å². The Balaban J connectivity index is 2.09. The Hall–Kier alpha value is -2.58. The Bertz CT molecular complexity index is 688. The summed E-state index contributed by atoms with van der Waals surface area (Å²) in [5.74, 6) is -1.86. The van der Waals surface area contributed by atoms with E-state index >= 15 is 0 Å². The number of benzene rings is 1. The molecule has 0 bridgehead atoms. The van der Waals surface area contributed by atoms with E-state index < -0.39 is 28.0 Å². The molecule has 0 N–H and O–H groups in total. The lowest BCUT2D eigenvalue weighted by molar-refractivity contribution is -0.387. The first-order valence-electron chi connectivity index (χ1n) is 6.44. The Labute approximate surface area is 124 Å². The van der Waals surface area contributed by atoms with Crippen molar-refractivity contribution in [2.45, 2.75) is 26.9 Å². The van der Waals surface area contributed by atoms with Gasteiger partial charge in [0.05, 0.1) is 11.0 Å². The zero-order chi connectivity index (χ0) is 16.3. The molecule has 0 saturated heterocycles. The normalized spacial score (nSPS) is 11.0. The van der Waals surface area contributed by atoms with Gasteiger partial charge in [-0.2, -0.15) is 9.37 Å². The SMILES string of the molecule is CC(C)Cc1noc(COc2cc([N+](=O)[O-])c(F)cc2F)n1. The standard InChI is InChI=1S/C13H13F2N3O4/c1-7(2)3-12-16-13(22-17-12)6-21-11-5-10(18(19)20)8(14)4-9(11)15/h4-5,7H,3,6H2,1-2H3. The van der Waals surface area contributed by atoms with Crippen LogP contribution in [0.3, 0.4) is 0 Å². The summed E-state index contributed by atoms with van der Waals surface area (Å²) in [6, 6.07) is 1.07. The van der Waals surface area contributed by atoms with Crippen molar-refractivity contribution in [2.24, 2.45) is 5.92 Å². The molecule has 0 amide bonds. The van der Waals surface area contributed by atoms with Crippen LogP contribution in [0.2, 0.25) is 0 Å². The van der Waals surface area contributed by atoms with Crippen LogP contribution in [-0.4, -0.2) is 15.1 Å². The molecule has 1 aromatic heterocycles. The lowest BCUT2D eigenvalue weighted by atomic mass is 10.1. The summed E-state index contributed by atoms with van der Waals surface area (Å²) in [6.45, 7) is 3.70. The Morgan fingerprint density at radius 1 is 1.36 bits per heavy atom. The molecule has 0 atom stereocenters. The van der Waals surface area contributed by atoms with Gasteiger partial charge in [-0.05, 0) is 5.92 Å². The molecule has 0 saturated carbocycles. The number of hydrogen-bond acceptors (Lipinski definition) is 6. The predicted octanol–water partition coefficient (Wildman–Crippen LogP) is 3.03. The first-order valence-corrected chi connectivity index (χ1v) is 6.44. The lowest BCUT2D eigenvalue weighted by Crippen LogP contribution is -2.01. The van der Waals surface area contributed by atoms with Gasteiger partial charge in [-0.1, -0.05) is 19.0 Å². The van der Waals surface area contributed by atoms with E-state index in [1.807, 2.05) is 13.8 Å². The zero-order valence-electron chi connectivity index (χ0n) is 11.9. The molecular weight excluding hydrogens is 300 g/mol. The first-order chi connectivity index (χ1) is 10.4. The molecule has 2 aromatic rings. The van der Waals surface area contributed by atoms with Crippen LogP contribution < -0.4 is 4.74 Å². The van der Waals surface area contributed by atoms with Crippen LogP contribution >= 0.6 is 0 Å². The minimum Gasteiger partial charge on any atom is -0.480 e. The molecule has 1 heterocycles. The maximum absolute atomic E-state index is 13.5. The molecule has 22 heavy (non-hydrogen) atoms. The Morgan fingerprint density at radius 2 is 2.09 bits per heavy atom. The van der Waals surface area contributed by atoms with E-state index in [9.17, 15) is 18.9 Å². The smallest absolute Gasteiger partial charge is 0.308 e. The molecule has 0 aliphatic heterocycles. The highest BCUT2D eigenvalue weighted by molar-refractivity contribution is 5.40. The van der Waals surface area contributed by atoms with Crippen LogP contribution in [0.5, 0.6) is 5.75 Å². The van der Waals surface area contributed by atoms with Gasteiger partial charge in [0.2, 0.25) is 5.82 Å². The van der Waals surface area contributed by atoms with Crippen molar-refractivity contribution in [2.75, 3.05) is 0 Å². The van der Waals surface area contributed by atoms with E-state index in [0.29, 0.717) is 30.3 Å². The minimum atomic E-state index is -1.27. The second-order valence-electron chi connectivity index (χ2n) is 4.98. The van der Waals surface area contributed by atoms with Crippen molar-refractivity contribution in [3.8, 4) is 5.75 Å². The maximum atomic E-state index is 13.5. The summed E-state index contributed by atoms with van der Waals surface area (Å²) in [6.07, 6.45) is 0.611. The second kappa shape index (κ2) is 6.46. The number of hydrogen-bond donors (Lipinski definition) is 0. The van der Waals surface area contributed by atoms with Gasteiger partial charge in [0, 0.05) is 12.5 Å². The van der Waals surface area contributed by atoms with Gasteiger partial charge in [-0.25, -0.2) is 4.39 Å². The lowest BCUT2D eigenvalue weighted by Gasteiger charge is -2.04. The number of nitrogens with zero attached hydrogens (tertiary/aromatic N) is 3. The van der Waals surface area contributed by atoms with Crippen molar-refractivity contribution < 1.29 is 23.0 Å². The van der Waals surface area contributed by atoms with Crippen LogP contribution in [0.1, 0.15) is 25.6 Å². The molecule has 0 aliphatic rings. The minimum absolute atomic E-state index is 0.0991. The number of nitro groups is 1. The van der Waals surface area contributed by atoms with Crippen LogP contribution in [0.25, 0.3) is 0 Å². The van der Waals surface area contributed by atoms with Crippen LogP contribution in [0.4, 0.5) is 14.5 Å². The third-order valence-electron chi connectivity index (χ3n) is 2.65. The van der Waals surface area contributed by atoms with E-state index in [1.165, 1.54) is 0 Å². The van der Waals surface area contributed by atoms with Crippen LogP contribution in [0.15, 0.2) is 16.7 Å². The third kappa shape index (κ3) is 3.74. The van der Waals surface area contributed by atoms with Crippen LogP contribution in [0, 0.1) is 27.7 Å². The van der Waals surface area contributed by atoms with E-state index in [0.717, 1.165) is 0 Å². The fourth-order valence-corrected chi connectivity index (χ4v) is 1.71. The number of ether oxygens (including phenoxy) is 1. The molecule has 7 nitrogen and oxygen atoms in total. The third-order valence-corrected chi connectivity index (χ3v) is 2.65. The highest BCUT2D eigenvalue weighted by Crippen LogP contribution is 2.27. The number of rotatable bonds is 6. The van der Waals surface area contributed by atoms with Gasteiger partial charge in [-0.15, -0.1) is 0 Å². The fraction of sp³-hybridized carbons (Fsp3) is 0.385. The molecule has 0 radical (unpaired) electrons. The summed E-state index contributed by atoms with van der Waals surface area (Å²) in [4.78, 5) is 13.7. The predicted molar refractivity (Wildman–Crippen MR) is 70.2 cm³/mol. The molecule has 1 aromatic carbocycles. The molecule has 0 unspecified atom stereocenters. The highest BCUT2D eigenvalue weighted by atomic mass is 19.1. The molecule has 0 spiro atoms. The molecular formula is C13H13F2N3O4. The first kappa shape index (κ1) is 15.8. The van der Waals surface area contributed by atoms with Gasteiger partial charge >= 0.3 is 5.69 Å². The molecule has 0 fully saturated rings. The largest absolute Gasteiger partial charge is 0.480 e. The monoisotopic (exact) mass is 313 g/mol. The average molecular weight is 313 g/mol. The average Bonchev–Trinajstić information content (AvgIpc) is 2.84. The van der Waals surface area contributed by atoms with Gasteiger partial charge in [0.25, 0.3) is 5.89 Å². The van der Waals surface area contributed by atoms with Gasteiger partial charge in [0.1, 0.15) is 0 Å². The molecule has 2 rings (SSSR count).